The zero-order chi connectivity index (χ0) is 25.1. The predicted molar refractivity (Wildman–Crippen MR) is 114 cm³/mol. The third kappa shape index (κ3) is 9.78. The second-order valence-electron chi connectivity index (χ2n) is 7.60. The van der Waals surface area contributed by atoms with Crippen molar-refractivity contribution in [3.63, 3.8) is 0 Å². The number of amides is 2. The quantitative estimate of drug-likeness (QED) is 0.0538. The number of carbonyl (C=O) groups excluding carboxylic acids is 2. The number of carbonyl (C=O) groups is 2. The summed E-state index contributed by atoms with van der Waals surface area (Å²) in [5.41, 5.74) is 0.967. The Kier molecular flexibility index (Phi) is 11.1. The van der Waals surface area contributed by atoms with Crippen LogP contribution in [0.3, 0.4) is 0 Å². The Morgan fingerprint density at radius 3 is 2.48 bits per heavy atom. The lowest BCUT2D eigenvalue weighted by atomic mass is 9.75. The summed E-state index contributed by atoms with van der Waals surface area (Å²) in [4.78, 5) is 35.5. The summed E-state index contributed by atoms with van der Waals surface area (Å²) in [7, 11) is -1.87. The first-order valence-corrected chi connectivity index (χ1v) is 10.1. The minimum absolute atomic E-state index is 0.00385. The van der Waals surface area contributed by atoms with Crippen LogP contribution in [0.4, 0.5) is 8.78 Å². The summed E-state index contributed by atoms with van der Waals surface area (Å²) in [5.74, 6) is -6.13. The fraction of sp³-hybridized carbons (Fsp3) is 0.500. The first-order chi connectivity index (χ1) is 15.4. The van der Waals surface area contributed by atoms with E-state index in [2.05, 4.69) is 16.0 Å². The fourth-order valence-electron chi connectivity index (χ4n) is 2.88. The van der Waals surface area contributed by atoms with Gasteiger partial charge in [-0.15, -0.1) is 0 Å². The van der Waals surface area contributed by atoms with Gasteiger partial charge in [-0.3, -0.25) is 15.0 Å². The number of hydrogen-bond donors (Lipinski definition) is 7. The molecule has 0 fully saturated rings. The van der Waals surface area contributed by atoms with E-state index in [-0.39, 0.29) is 31.7 Å². The number of nitrogens with zero attached hydrogens (tertiary/aromatic N) is 1. The van der Waals surface area contributed by atoms with Gasteiger partial charge in [-0.25, -0.2) is 18.9 Å². The van der Waals surface area contributed by atoms with Gasteiger partial charge in [0.25, 0.3) is 11.9 Å². The molecule has 182 valence electrons. The van der Waals surface area contributed by atoms with Crippen LogP contribution in [-0.2, 0) is 4.79 Å². The molecule has 7 N–H and O–H groups in total. The molecular weight excluding hydrogens is 445 g/mol. The lowest BCUT2D eigenvalue weighted by Gasteiger charge is -2.24. The van der Waals surface area contributed by atoms with Crippen molar-refractivity contribution in [3.8, 4) is 0 Å². The molecule has 0 aliphatic heterocycles. The van der Waals surface area contributed by atoms with Gasteiger partial charge in [-0.05, 0) is 37.3 Å². The van der Waals surface area contributed by atoms with Crippen LogP contribution in [0.15, 0.2) is 18.2 Å². The SMILES string of the molecule is CC(C)C[C@H](NC(=O)[C@H](CCCNC(=N)N[N+](=O)[O-])NC(=O)c1cccc(F)c1F)B(O)O. The topological polar surface area (TPSA) is 190 Å². The Hall–Kier alpha value is -3.33. The average molecular weight is 472 g/mol. The minimum atomic E-state index is -1.87. The van der Waals surface area contributed by atoms with Gasteiger partial charge in [-0.1, -0.05) is 25.3 Å². The Bertz CT molecular complexity index is 860. The van der Waals surface area contributed by atoms with Crippen molar-refractivity contribution in [2.75, 3.05) is 6.54 Å². The number of hydrogen-bond acceptors (Lipinski definition) is 7. The predicted octanol–water partition coefficient (Wildman–Crippen LogP) is -0.308. The van der Waals surface area contributed by atoms with Gasteiger partial charge in [0, 0.05) is 6.54 Å². The third-order valence-corrected chi connectivity index (χ3v) is 4.41. The third-order valence-electron chi connectivity index (χ3n) is 4.41. The average Bonchev–Trinajstić information content (AvgIpc) is 2.70. The lowest BCUT2D eigenvalue weighted by molar-refractivity contribution is -0.525. The largest absolute Gasteiger partial charge is 0.475 e. The number of nitrogens with one attached hydrogen (secondary N) is 5. The van der Waals surface area contributed by atoms with Crippen molar-refractivity contribution < 1.29 is 33.5 Å². The van der Waals surface area contributed by atoms with Crippen LogP contribution in [-0.4, -0.2) is 58.5 Å². The fourth-order valence-corrected chi connectivity index (χ4v) is 2.88. The van der Waals surface area contributed by atoms with Crippen molar-refractivity contribution in [1.82, 2.24) is 21.4 Å². The number of halogens is 2. The van der Waals surface area contributed by atoms with E-state index in [1.807, 2.05) is 0 Å². The summed E-state index contributed by atoms with van der Waals surface area (Å²) < 4.78 is 27.4. The van der Waals surface area contributed by atoms with Crippen molar-refractivity contribution in [1.29, 1.82) is 5.41 Å². The van der Waals surface area contributed by atoms with E-state index in [9.17, 15) is 38.5 Å². The molecule has 0 radical (unpaired) electrons. The molecule has 0 aliphatic rings. The molecule has 2 atom stereocenters. The van der Waals surface area contributed by atoms with Gasteiger partial charge >= 0.3 is 7.12 Å². The maximum Gasteiger partial charge on any atom is 0.475 e. The van der Waals surface area contributed by atoms with Gasteiger partial charge in [-0.2, -0.15) is 0 Å². The first kappa shape index (κ1) is 27.7. The van der Waals surface area contributed by atoms with Gasteiger partial charge < -0.3 is 26.0 Å². The van der Waals surface area contributed by atoms with Crippen molar-refractivity contribution in [2.24, 2.45) is 5.92 Å². The zero-order valence-electron chi connectivity index (χ0n) is 18.1. The lowest BCUT2D eigenvalue weighted by Crippen LogP contribution is -2.54. The number of rotatable bonds is 12. The van der Waals surface area contributed by atoms with E-state index in [0.717, 1.165) is 18.2 Å². The van der Waals surface area contributed by atoms with Gasteiger partial charge in [0.1, 0.15) is 6.04 Å². The van der Waals surface area contributed by atoms with Crippen LogP contribution in [0.1, 0.15) is 43.5 Å². The monoisotopic (exact) mass is 472 g/mol. The van der Waals surface area contributed by atoms with Crippen LogP contribution < -0.4 is 21.4 Å². The Balaban J connectivity index is 2.91. The molecule has 0 aromatic heterocycles. The summed E-state index contributed by atoms with van der Waals surface area (Å²) in [6.45, 7) is 3.60. The summed E-state index contributed by atoms with van der Waals surface area (Å²) in [6, 6.07) is 1.71. The van der Waals surface area contributed by atoms with E-state index in [1.54, 1.807) is 19.3 Å². The Labute approximate surface area is 188 Å². The molecule has 0 unspecified atom stereocenters. The van der Waals surface area contributed by atoms with Crippen LogP contribution >= 0.6 is 0 Å². The maximum atomic E-state index is 14.0. The van der Waals surface area contributed by atoms with Gasteiger partial charge in [0.2, 0.25) is 5.91 Å². The molecule has 1 aromatic carbocycles. The molecule has 33 heavy (non-hydrogen) atoms. The molecule has 0 aliphatic carbocycles. The first-order valence-electron chi connectivity index (χ1n) is 10.1. The zero-order valence-corrected chi connectivity index (χ0v) is 18.1. The smallest absolute Gasteiger partial charge is 0.426 e. The Morgan fingerprint density at radius 2 is 1.91 bits per heavy atom. The molecule has 12 nitrogen and oxygen atoms in total. The normalized spacial score (nSPS) is 12.5. The van der Waals surface area contributed by atoms with E-state index in [1.165, 1.54) is 0 Å². The van der Waals surface area contributed by atoms with Crippen LogP contribution in [0.2, 0.25) is 0 Å². The highest BCUT2D eigenvalue weighted by Crippen LogP contribution is 2.12. The highest BCUT2D eigenvalue weighted by atomic mass is 19.2. The number of benzene rings is 1. The number of nitro groups is 1. The summed E-state index contributed by atoms with van der Waals surface area (Å²) in [6.07, 6.45) is 0.277. The molecule has 0 saturated carbocycles. The number of guanidine groups is 1. The van der Waals surface area contributed by atoms with Gasteiger partial charge in [0.05, 0.1) is 11.5 Å². The standard InChI is InChI=1S/C18H27BF2N6O6/c1-10(2)9-14(19(30)31)25-17(29)13(7-4-8-23-18(22)26-27(32)33)24-16(28)11-5-3-6-12(20)15(11)21/h3,5-6,10,13-14,30-31H,4,7-9H2,1-2H3,(H,24,28)(H,25,29)(H3,22,23,26)/t13-,14-/m0/s1. The summed E-state index contributed by atoms with van der Waals surface area (Å²) in [5, 5.41) is 42.8. The van der Waals surface area contributed by atoms with E-state index < -0.39 is 59.1 Å². The van der Waals surface area contributed by atoms with Gasteiger partial charge in [0.15, 0.2) is 16.7 Å². The molecular formula is C18H27BF2N6O6. The molecule has 0 heterocycles. The molecule has 2 amide bonds. The molecule has 0 bridgehead atoms. The van der Waals surface area contributed by atoms with Crippen molar-refractivity contribution in [2.45, 2.75) is 45.1 Å². The van der Waals surface area contributed by atoms with Crippen LogP contribution in [0.25, 0.3) is 0 Å². The minimum Gasteiger partial charge on any atom is -0.426 e. The van der Waals surface area contributed by atoms with E-state index in [0.29, 0.717) is 0 Å². The van der Waals surface area contributed by atoms with Crippen molar-refractivity contribution >= 4 is 24.9 Å². The highest BCUT2D eigenvalue weighted by molar-refractivity contribution is 6.43. The molecule has 1 aromatic rings. The van der Waals surface area contributed by atoms with E-state index in [4.69, 9.17) is 5.41 Å². The molecule has 1 rings (SSSR count). The van der Waals surface area contributed by atoms with E-state index >= 15 is 0 Å². The van der Waals surface area contributed by atoms with Crippen molar-refractivity contribution in [3.05, 3.63) is 45.5 Å². The van der Waals surface area contributed by atoms with Crippen LogP contribution in [0, 0.1) is 33.1 Å². The second-order valence-corrected chi connectivity index (χ2v) is 7.60. The Morgan fingerprint density at radius 1 is 1.24 bits per heavy atom. The second kappa shape index (κ2) is 13.3. The maximum absolute atomic E-state index is 14.0. The molecule has 0 spiro atoms. The number of hydrazine groups is 1. The molecule has 0 saturated heterocycles. The molecule has 15 heteroatoms. The summed E-state index contributed by atoms with van der Waals surface area (Å²) >= 11 is 0. The highest BCUT2D eigenvalue weighted by Gasteiger charge is 2.30. The van der Waals surface area contributed by atoms with Crippen LogP contribution in [0.5, 0.6) is 0 Å².